The zero-order valence-corrected chi connectivity index (χ0v) is 18.7. The van der Waals surface area contributed by atoms with Crippen molar-refractivity contribution in [2.24, 2.45) is 0 Å². The summed E-state index contributed by atoms with van der Waals surface area (Å²) in [6.07, 6.45) is 0. The van der Waals surface area contributed by atoms with Crippen molar-refractivity contribution in [3.63, 3.8) is 0 Å². The number of thiazole rings is 2. The highest BCUT2D eigenvalue weighted by Gasteiger charge is 2.18. The van der Waals surface area contributed by atoms with Crippen LogP contribution in [0.1, 0.15) is 52.0 Å². The Balaban J connectivity index is 2.43. The van der Waals surface area contributed by atoms with Crippen molar-refractivity contribution < 1.29 is 0 Å². The molecular weight excluding hydrogens is 380 g/mol. The highest BCUT2D eigenvalue weighted by Crippen LogP contribution is 2.32. The van der Waals surface area contributed by atoms with Gasteiger partial charge in [0.05, 0.1) is 11.4 Å². The average molecular weight is 405 g/mol. The Kier molecular flexibility index (Phi) is 5.12. The van der Waals surface area contributed by atoms with Gasteiger partial charge in [0.25, 0.3) is 0 Å². The fourth-order valence-corrected chi connectivity index (χ4v) is 5.42. The largest absolute Gasteiger partial charge is 0.312 e. The monoisotopic (exact) mass is 404 g/mol. The Morgan fingerprint density at radius 2 is 1.38 bits per heavy atom. The zero-order chi connectivity index (χ0) is 19.3. The molecule has 0 saturated carbocycles. The minimum absolute atomic E-state index is 0.0665. The summed E-state index contributed by atoms with van der Waals surface area (Å²) in [7, 11) is 0. The third-order valence-electron chi connectivity index (χ3n) is 5.06. The van der Waals surface area contributed by atoms with E-state index in [-0.39, 0.29) is 4.87 Å². The molecule has 0 fully saturated rings. The Morgan fingerprint density at radius 1 is 0.885 bits per heavy atom. The molecule has 0 aliphatic heterocycles. The minimum Gasteiger partial charge on any atom is -0.296 e. The quantitative estimate of drug-likeness (QED) is 0.490. The van der Waals surface area contributed by atoms with Crippen LogP contribution in [0.4, 0.5) is 0 Å². The molecule has 3 rings (SSSR count). The fraction of sp³-hybridized carbons (Fsp3) is 0.400. The first-order chi connectivity index (χ1) is 12.1. The molecule has 0 spiro atoms. The molecule has 0 atom stereocenters. The van der Waals surface area contributed by atoms with Crippen LogP contribution in [0.5, 0.6) is 0 Å². The average Bonchev–Trinajstić information content (AvgIpc) is 2.95. The number of aromatic nitrogens is 2. The number of hydrogen-bond donors (Lipinski definition) is 0. The lowest BCUT2D eigenvalue weighted by molar-refractivity contribution is 0.848. The standard InChI is InChI=1S/C20H24N2OS3/c1-10(2)16-8-17(21-12(4)14(6)25-19(21)23)11(3)18(9-16)22-13(5)15(7)26-20(22)24/h8-10H,1-7H3. The Labute approximate surface area is 167 Å². The highest BCUT2D eigenvalue weighted by molar-refractivity contribution is 7.73. The molecule has 0 bridgehead atoms. The van der Waals surface area contributed by atoms with Gasteiger partial charge in [-0.1, -0.05) is 25.2 Å². The third kappa shape index (κ3) is 3.04. The molecule has 6 heteroatoms. The molecule has 0 amide bonds. The van der Waals surface area contributed by atoms with Crippen LogP contribution in [0.3, 0.4) is 0 Å². The van der Waals surface area contributed by atoms with Crippen molar-refractivity contribution in [3.05, 3.63) is 58.0 Å². The highest BCUT2D eigenvalue weighted by atomic mass is 32.1. The lowest BCUT2D eigenvalue weighted by Gasteiger charge is -2.19. The van der Waals surface area contributed by atoms with Gasteiger partial charge in [-0.2, -0.15) is 0 Å². The van der Waals surface area contributed by atoms with Crippen LogP contribution in [0.2, 0.25) is 0 Å². The van der Waals surface area contributed by atoms with E-state index in [1.54, 1.807) is 11.3 Å². The van der Waals surface area contributed by atoms with Crippen molar-refractivity contribution in [2.45, 2.75) is 54.4 Å². The van der Waals surface area contributed by atoms with Crippen LogP contribution >= 0.6 is 34.9 Å². The van der Waals surface area contributed by atoms with E-state index in [9.17, 15) is 4.79 Å². The lowest BCUT2D eigenvalue weighted by Crippen LogP contribution is -2.15. The molecule has 26 heavy (non-hydrogen) atoms. The molecule has 0 radical (unpaired) electrons. The van der Waals surface area contributed by atoms with E-state index < -0.39 is 0 Å². The van der Waals surface area contributed by atoms with Gasteiger partial charge < -0.3 is 0 Å². The summed E-state index contributed by atoms with van der Waals surface area (Å²) in [5, 5.41) is 0. The topological polar surface area (TPSA) is 26.9 Å². The van der Waals surface area contributed by atoms with Gasteiger partial charge in [0.2, 0.25) is 0 Å². The van der Waals surface area contributed by atoms with Crippen LogP contribution in [0, 0.1) is 38.6 Å². The summed E-state index contributed by atoms with van der Waals surface area (Å²) in [4.78, 5) is 15.0. The van der Waals surface area contributed by atoms with Gasteiger partial charge in [-0.3, -0.25) is 13.9 Å². The lowest BCUT2D eigenvalue weighted by atomic mass is 9.98. The van der Waals surface area contributed by atoms with Crippen LogP contribution in [0.25, 0.3) is 11.4 Å². The maximum absolute atomic E-state index is 12.6. The number of benzene rings is 1. The molecular formula is C20H24N2OS3. The molecule has 0 N–H and O–H groups in total. The van der Waals surface area contributed by atoms with Gasteiger partial charge in [0, 0.05) is 21.1 Å². The number of hydrogen-bond acceptors (Lipinski definition) is 4. The van der Waals surface area contributed by atoms with Gasteiger partial charge in [-0.15, -0.1) is 11.3 Å². The summed E-state index contributed by atoms with van der Waals surface area (Å²) >= 11 is 8.59. The predicted octanol–water partition coefficient (Wildman–Crippen LogP) is 6.15. The second-order valence-corrected chi connectivity index (χ2v) is 10.0. The van der Waals surface area contributed by atoms with E-state index in [2.05, 4.69) is 51.3 Å². The van der Waals surface area contributed by atoms with Gasteiger partial charge in [0.15, 0.2) is 3.95 Å². The second kappa shape index (κ2) is 6.91. The molecule has 3 aromatic rings. The van der Waals surface area contributed by atoms with Gasteiger partial charge >= 0.3 is 4.87 Å². The Morgan fingerprint density at radius 3 is 1.81 bits per heavy atom. The summed E-state index contributed by atoms with van der Waals surface area (Å²) in [5.41, 5.74) is 6.50. The van der Waals surface area contributed by atoms with Crippen molar-refractivity contribution in [1.82, 2.24) is 9.13 Å². The van der Waals surface area contributed by atoms with Crippen LogP contribution in [0.15, 0.2) is 16.9 Å². The van der Waals surface area contributed by atoms with E-state index >= 15 is 0 Å². The minimum atomic E-state index is 0.0665. The molecule has 2 aromatic heterocycles. The first-order valence-corrected chi connectivity index (χ1v) is 10.7. The molecule has 1 aromatic carbocycles. The molecule has 3 nitrogen and oxygen atoms in total. The molecule has 2 heterocycles. The SMILES string of the molecule is Cc1sc(=O)n(-c2cc(C(C)C)cc(-n3c(C)c(C)sc3=S)c2C)c1C. The first-order valence-electron chi connectivity index (χ1n) is 8.66. The third-order valence-corrected chi connectivity index (χ3v) is 7.41. The molecule has 0 saturated heterocycles. The summed E-state index contributed by atoms with van der Waals surface area (Å²) < 4.78 is 4.85. The van der Waals surface area contributed by atoms with Gasteiger partial charge in [0.1, 0.15) is 0 Å². The Hall–Kier alpha value is -1.50. The van der Waals surface area contributed by atoms with Gasteiger partial charge in [-0.05, 0) is 76.0 Å². The molecule has 138 valence electrons. The van der Waals surface area contributed by atoms with E-state index in [0.29, 0.717) is 5.92 Å². The first kappa shape index (κ1) is 19.3. The van der Waals surface area contributed by atoms with Crippen molar-refractivity contribution in [1.29, 1.82) is 0 Å². The van der Waals surface area contributed by atoms with Crippen LogP contribution in [-0.4, -0.2) is 9.13 Å². The number of rotatable bonds is 3. The van der Waals surface area contributed by atoms with Crippen LogP contribution in [-0.2, 0) is 0 Å². The van der Waals surface area contributed by atoms with E-state index in [0.717, 1.165) is 31.5 Å². The summed E-state index contributed by atoms with van der Waals surface area (Å²) in [5.74, 6) is 0.359. The maximum Gasteiger partial charge on any atom is 0.312 e. The predicted molar refractivity (Wildman–Crippen MR) is 116 cm³/mol. The zero-order valence-electron chi connectivity index (χ0n) is 16.3. The maximum atomic E-state index is 12.6. The molecule has 0 aliphatic rings. The number of nitrogens with zero attached hydrogens (tertiary/aromatic N) is 2. The van der Waals surface area contributed by atoms with E-state index in [1.165, 1.54) is 27.5 Å². The van der Waals surface area contributed by atoms with E-state index in [4.69, 9.17) is 12.2 Å². The smallest absolute Gasteiger partial charge is 0.296 e. The fourth-order valence-electron chi connectivity index (χ4n) is 3.15. The van der Waals surface area contributed by atoms with Crippen LogP contribution < -0.4 is 4.87 Å². The summed E-state index contributed by atoms with van der Waals surface area (Å²) in [6.45, 7) is 14.7. The molecule has 0 unspecified atom stereocenters. The summed E-state index contributed by atoms with van der Waals surface area (Å²) in [6, 6.07) is 4.38. The van der Waals surface area contributed by atoms with Crippen molar-refractivity contribution in [2.75, 3.05) is 0 Å². The van der Waals surface area contributed by atoms with Gasteiger partial charge in [-0.25, -0.2) is 0 Å². The second-order valence-electron chi connectivity index (χ2n) is 7.03. The van der Waals surface area contributed by atoms with Crippen molar-refractivity contribution >= 4 is 34.9 Å². The van der Waals surface area contributed by atoms with E-state index in [1.807, 2.05) is 18.4 Å². The van der Waals surface area contributed by atoms with Crippen molar-refractivity contribution in [3.8, 4) is 11.4 Å². The normalized spacial score (nSPS) is 11.5. The molecule has 0 aliphatic carbocycles. The Bertz CT molecular complexity index is 1030. The number of aryl methyl sites for hydroxylation is 2.